The molecular formula is C19H16F16O. The molecule has 0 amide bonds. The van der Waals surface area contributed by atoms with Crippen LogP contribution in [0, 0.1) is 0 Å². The Morgan fingerprint density at radius 1 is 0.528 bits per heavy atom. The zero-order valence-electron chi connectivity index (χ0n) is 18.0. The molecule has 0 aliphatic heterocycles. The Bertz CT molecular complexity index is 938. The molecule has 1 aromatic carbocycles. The molecule has 1 rings (SSSR count). The summed E-state index contributed by atoms with van der Waals surface area (Å²) < 4.78 is 214. The summed E-state index contributed by atoms with van der Waals surface area (Å²) in [7, 11) is 0. The average molecular weight is 564 g/mol. The van der Waals surface area contributed by atoms with Crippen LogP contribution in [0.25, 0.3) is 0 Å². The molecule has 1 atom stereocenters. The Morgan fingerprint density at radius 2 is 0.889 bits per heavy atom. The van der Waals surface area contributed by atoms with Crippen molar-refractivity contribution in [2.24, 2.45) is 0 Å². The van der Waals surface area contributed by atoms with Gasteiger partial charge >= 0.3 is 42.0 Å². The number of benzene rings is 1. The van der Waals surface area contributed by atoms with Gasteiger partial charge in [-0.15, -0.1) is 0 Å². The maximum absolute atomic E-state index is 14.3. The second kappa shape index (κ2) is 8.55. The number of aliphatic hydroxyl groups is 1. The van der Waals surface area contributed by atoms with Crippen molar-refractivity contribution in [1.82, 2.24) is 0 Å². The summed E-state index contributed by atoms with van der Waals surface area (Å²) in [5.41, 5.74) is -8.94. The summed E-state index contributed by atoms with van der Waals surface area (Å²) >= 11 is 0. The predicted molar refractivity (Wildman–Crippen MR) is 90.5 cm³/mol. The molecule has 1 unspecified atom stereocenters. The van der Waals surface area contributed by atoms with Gasteiger partial charge in [-0.2, -0.15) is 70.2 Å². The predicted octanol–water partition coefficient (Wildman–Crippen LogP) is 7.86. The molecule has 0 saturated heterocycles. The third-order valence-corrected chi connectivity index (χ3v) is 5.13. The summed E-state index contributed by atoms with van der Waals surface area (Å²) in [5, 5.41) is 10.1. The monoisotopic (exact) mass is 564 g/mol. The quantitative estimate of drug-likeness (QED) is 0.335. The van der Waals surface area contributed by atoms with E-state index in [0.717, 1.165) is 32.9 Å². The van der Waals surface area contributed by atoms with E-state index in [1.54, 1.807) is 0 Å². The van der Waals surface area contributed by atoms with E-state index in [2.05, 4.69) is 0 Å². The highest BCUT2D eigenvalue weighted by Crippen LogP contribution is 2.62. The fraction of sp³-hybridized carbons (Fsp3) is 0.684. The first-order chi connectivity index (χ1) is 15.4. The Morgan fingerprint density at radius 3 is 1.22 bits per heavy atom. The van der Waals surface area contributed by atoms with Crippen LogP contribution in [0.1, 0.15) is 38.3 Å². The standard InChI is InChI=1S/C19H16F16O/c1-11(2,3)9-6-4-5-7-10(9)12(36,18(30,31)32)8-13(20,21)14(22,23)15(24,25)16(26,27)17(28,29)19(33,34)35/h4-7,36H,8H2,1-3H3. The van der Waals surface area contributed by atoms with Crippen molar-refractivity contribution in [1.29, 1.82) is 0 Å². The number of hydrogen-bond donors (Lipinski definition) is 1. The topological polar surface area (TPSA) is 20.2 Å². The van der Waals surface area contributed by atoms with Crippen molar-refractivity contribution in [2.45, 2.75) is 80.2 Å². The normalized spacial score (nSPS) is 17.2. The van der Waals surface area contributed by atoms with Crippen LogP contribution >= 0.6 is 0 Å². The zero-order chi connectivity index (χ0) is 29.2. The van der Waals surface area contributed by atoms with Gasteiger partial charge in [0.05, 0.1) is 6.42 Å². The van der Waals surface area contributed by atoms with E-state index in [0.29, 0.717) is 6.07 Å². The molecule has 0 aromatic heterocycles. The lowest BCUT2D eigenvalue weighted by Gasteiger charge is -2.42. The van der Waals surface area contributed by atoms with Crippen LogP contribution in [0.2, 0.25) is 0 Å². The van der Waals surface area contributed by atoms with Crippen molar-refractivity contribution in [3.63, 3.8) is 0 Å². The smallest absolute Gasteiger partial charge is 0.376 e. The molecule has 0 heterocycles. The molecule has 0 radical (unpaired) electrons. The first-order valence-corrected chi connectivity index (χ1v) is 9.28. The third-order valence-electron chi connectivity index (χ3n) is 5.13. The van der Waals surface area contributed by atoms with Gasteiger partial charge in [0.2, 0.25) is 0 Å². The lowest BCUT2D eigenvalue weighted by molar-refractivity contribution is -0.443. The van der Waals surface area contributed by atoms with Gasteiger partial charge in [-0.05, 0) is 16.5 Å². The Hall–Kier alpha value is -1.94. The summed E-state index contributed by atoms with van der Waals surface area (Å²) in [6.07, 6.45) is -17.9. The van der Waals surface area contributed by atoms with Crippen LogP contribution in [-0.4, -0.2) is 47.1 Å². The van der Waals surface area contributed by atoms with Crippen molar-refractivity contribution in [3.8, 4) is 0 Å². The van der Waals surface area contributed by atoms with Crippen molar-refractivity contribution in [3.05, 3.63) is 35.4 Å². The summed E-state index contributed by atoms with van der Waals surface area (Å²) in [5.74, 6) is -39.7. The fourth-order valence-electron chi connectivity index (χ4n) is 3.08. The van der Waals surface area contributed by atoms with Crippen LogP contribution in [0.4, 0.5) is 70.2 Å². The van der Waals surface area contributed by atoms with Crippen molar-refractivity contribution < 1.29 is 75.4 Å². The molecule has 0 aliphatic rings. The number of hydrogen-bond acceptors (Lipinski definition) is 1. The van der Waals surface area contributed by atoms with Gasteiger partial charge in [-0.1, -0.05) is 45.0 Å². The average Bonchev–Trinajstić information content (AvgIpc) is 2.64. The third kappa shape index (κ3) is 4.71. The molecule has 1 aromatic rings. The Kier molecular flexibility index (Phi) is 7.62. The highest BCUT2D eigenvalue weighted by Gasteiger charge is 2.91. The molecule has 0 spiro atoms. The van der Waals surface area contributed by atoms with Crippen molar-refractivity contribution in [2.75, 3.05) is 0 Å². The molecule has 210 valence electrons. The maximum Gasteiger partial charge on any atom is 0.460 e. The first kappa shape index (κ1) is 32.1. The van der Waals surface area contributed by atoms with Gasteiger partial charge in [0.1, 0.15) is 0 Å². The molecule has 1 N–H and O–H groups in total. The highest BCUT2D eigenvalue weighted by molar-refractivity contribution is 5.38. The Labute approximate surface area is 192 Å². The SMILES string of the molecule is CC(C)(C)c1ccccc1C(O)(CC(F)(F)C(F)(F)C(F)(F)C(F)(F)C(F)(F)C(F)(F)F)C(F)(F)F. The number of halogens is 16. The molecule has 36 heavy (non-hydrogen) atoms. The zero-order valence-corrected chi connectivity index (χ0v) is 18.0. The second-order valence-electron chi connectivity index (χ2n) is 8.83. The van der Waals surface area contributed by atoms with E-state index < -0.39 is 70.5 Å². The van der Waals surface area contributed by atoms with Crippen LogP contribution in [0.15, 0.2) is 24.3 Å². The van der Waals surface area contributed by atoms with E-state index in [1.807, 2.05) is 0 Å². The Balaban J connectivity index is 3.82. The largest absolute Gasteiger partial charge is 0.460 e. The van der Waals surface area contributed by atoms with E-state index in [4.69, 9.17) is 0 Å². The maximum atomic E-state index is 14.3. The highest BCUT2D eigenvalue weighted by atomic mass is 19.4. The lowest BCUT2D eigenvalue weighted by atomic mass is 9.75. The first-order valence-electron chi connectivity index (χ1n) is 9.28. The molecule has 1 nitrogen and oxygen atoms in total. The molecular weight excluding hydrogens is 548 g/mol. The van der Waals surface area contributed by atoms with E-state index in [-0.39, 0.29) is 6.07 Å². The molecule has 0 aliphatic carbocycles. The van der Waals surface area contributed by atoms with Crippen LogP contribution in [-0.2, 0) is 11.0 Å². The van der Waals surface area contributed by atoms with Crippen LogP contribution < -0.4 is 0 Å². The van der Waals surface area contributed by atoms with Crippen molar-refractivity contribution >= 4 is 0 Å². The minimum absolute atomic E-state index is 0.271. The van der Waals surface area contributed by atoms with Crippen LogP contribution in [0.3, 0.4) is 0 Å². The minimum atomic E-state index is -8.28. The number of alkyl halides is 16. The lowest BCUT2D eigenvalue weighted by Crippen LogP contribution is -2.70. The summed E-state index contributed by atoms with van der Waals surface area (Å²) in [4.78, 5) is 0. The van der Waals surface area contributed by atoms with E-state index in [9.17, 15) is 75.4 Å². The second-order valence-corrected chi connectivity index (χ2v) is 8.83. The van der Waals surface area contributed by atoms with Gasteiger partial charge in [0.25, 0.3) is 0 Å². The summed E-state index contributed by atoms with van der Waals surface area (Å²) in [6, 6.07) is 2.73. The number of rotatable bonds is 7. The van der Waals surface area contributed by atoms with Gasteiger partial charge in [-0.25, -0.2) is 0 Å². The molecule has 0 bridgehead atoms. The summed E-state index contributed by atoms with van der Waals surface area (Å²) in [6.45, 7) is 3.43. The molecule has 0 fully saturated rings. The van der Waals surface area contributed by atoms with Crippen LogP contribution in [0.5, 0.6) is 0 Å². The van der Waals surface area contributed by atoms with E-state index >= 15 is 0 Å². The van der Waals surface area contributed by atoms with Gasteiger partial charge in [-0.3, -0.25) is 0 Å². The molecule has 0 saturated carbocycles. The van der Waals surface area contributed by atoms with E-state index in [1.165, 1.54) is 0 Å². The van der Waals surface area contributed by atoms with Gasteiger partial charge in [0.15, 0.2) is 5.60 Å². The minimum Gasteiger partial charge on any atom is -0.376 e. The fourth-order valence-corrected chi connectivity index (χ4v) is 3.08. The van der Waals surface area contributed by atoms with Gasteiger partial charge < -0.3 is 5.11 Å². The van der Waals surface area contributed by atoms with Gasteiger partial charge in [0, 0.05) is 0 Å². The molecule has 17 heteroatoms.